The van der Waals surface area contributed by atoms with Crippen LogP contribution in [0.25, 0.3) is 6.08 Å². The minimum atomic E-state index is 0.0560. The van der Waals surface area contributed by atoms with Gasteiger partial charge >= 0.3 is 0 Å². The Balaban J connectivity index is 1.25. The van der Waals surface area contributed by atoms with Crippen LogP contribution in [-0.4, -0.2) is 87.1 Å². The van der Waals surface area contributed by atoms with Crippen molar-refractivity contribution in [2.75, 3.05) is 60.6 Å². The van der Waals surface area contributed by atoms with Gasteiger partial charge in [-0.3, -0.25) is 14.5 Å². The lowest BCUT2D eigenvalue weighted by atomic mass is 10.0. The highest BCUT2D eigenvalue weighted by Gasteiger charge is 2.23. The summed E-state index contributed by atoms with van der Waals surface area (Å²) in [5.41, 5.74) is 2.59. The maximum Gasteiger partial charge on any atom is 0.253 e. The lowest BCUT2D eigenvalue weighted by Gasteiger charge is -2.35. The van der Waals surface area contributed by atoms with Gasteiger partial charge in [-0.15, -0.1) is 0 Å². The van der Waals surface area contributed by atoms with E-state index in [0.29, 0.717) is 43.1 Å². The normalized spacial score (nSPS) is 16.0. The fraction of sp³-hybridized carbons (Fsp3) is 0.407. The molecule has 1 saturated heterocycles. The first-order chi connectivity index (χ1) is 17.0. The van der Waals surface area contributed by atoms with Crippen LogP contribution in [0.5, 0.6) is 17.2 Å². The number of piperazine rings is 1. The van der Waals surface area contributed by atoms with E-state index in [1.165, 1.54) is 0 Å². The molecule has 0 aromatic heterocycles. The number of benzene rings is 2. The fourth-order valence-electron chi connectivity index (χ4n) is 4.52. The van der Waals surface area contributed by atoms with Gasteiger partial charge in [0, 0.05) is 44.5 Å². The van der Waals surface area contributed by atoms with E-state index < -0.39 is 0 Å². The fourth-order valence-corrected chi connectivity index (χ4v) is 4.52. The zero-order valence-electron chi connectivity index (χ0n) is 20.7. The third-order valence-electron chi connectivity index (χ3n) is 6.61. The summed E-state index contributed by atoms with van der Waals surface area (Å²) in [6.45, 7) is 4.60. The van der Waals surface area contributed by atoms with Crippen LogP contribution in [0, 0.1) is 0 Å². The van der Waals surface area contributed by atoms with Gasteiger partial charge in [0.05, 0.1) is 27.8 Å². The summed E-state index contributed by atoms with van der Waals surface area (Å²) in [7, 11) is 4.82. The molecule has 0 unspecified atom stereocenters. The molecule has 0 spiro atoms. The van der Waals surface area contributed by atoms with E-state index in [4.69, 9.17) is 14.2 Å². The number of rotatable bonds is 8. The van der Waals surface area contributed by atoms with Crippen LogP contribution in [0.4, 0.5) is 0 Å². The molecule has 2 aliphatic rings. The van der Waals surface area contributed by atoms with Gasteiger partial charge in [-0.2, -0.15) is 0 Å². The van der Waals surface area contributed by atoms with Crippen molar-refractivity contribution in [1.29, 1.82) is 0 Å². The highest BCUT2D eigenvalue weighted by Crippen LogP contribution is 2.32. The van der Waals surface area contributed by atoms with E-state index in [2.05, 4.69) is 4.90 Å². The number of amides is 2. The summed E-state index contributed by atoms with van der Waals surface area (Å²) in [6, 6.07) is 11.0. The molecule has 2 aromatic carbocycles. The largest absolute Gasteiger partial charge is 0.497 e. The monoisotopic (exact) mass is 479 g/mol. The highest BCUT2D eigenvalue weighted by atomic mass is 16.5. The predicted molar refractivity (Wildman–Crippen MR) is 134 cm³/mol. The molecule has 2 aliphatic heterocycles. The smallest absolute Gasteiger partial charge is 0.253 e. The van der Waals surface area contributed by atoms with E-state index in [-0.39, 0.29) is 11.8 Å². The molecule has 8 heteroatoms. The Hall–Kier alpha value is -3.52. The Morgan fingerprint density at radius 2 is 1.57 bits per heavy atom. The summed E-state index contributed by atoms with van der Waals surface area (Å²) < 4.78 is 15.9. The molecule has 0 aliphatic carbocycles. The predicted octanol–water partition coefficient (Wildman–Crippen LogP) is 2.92. The summed E-state index contributed by atoms with van der Waals surface area (Å²) in [6.07, 6.45) is 5.03. The zero-order valence-corrected chi connectivity index (χ0v) is 20.7. The minimum absolute atomic E-state index is 0.0560. The van der Waals surface area contributed by atoms with E-state index in [1.54, 1.807) is 26.2 Å². The lowest BCUT2D eigenvalue weighted by molar-refractivity contribution is -0.127. The maximum absolute atomic E-state index is 12.8. The average Bonchev–Trinajstić information content (AvgIpc) is 3.05. The molecule has 2 amide bonds. The van der Waals surface area contributed by atoms with Crippen molar-refractivity contribution < 1.29 is 23.8 Å². The molecule has 0 radical (unpaired) electrons. The van der Waals surface area contributed by atoms with Crippen molar-refractivity contribution in [3.05, 3.63) is 59.3 Å². The second kappa shape index (κ2) is 11.3. The van der Waals surface area contributed by atoms with Crippen LogP contribution in [0.15, 0.2) is 42.6 Å². The maximum atomic E-state index is 12.8. The van der Waals surface area contributed by atoms with Crippen molar-refractivity contribution in [3.8, 4) is 17.2 Å². The second-order valence-electron chi connectivity index (χ2n) is 8.70. The van der Waals surface area contributed by atoms with Gasteiger partial charge in [-0.25, -0.2) is 0 Å². The number of carbonyl (C=O) groups is 2. The molecule has 0 saturated carbocycles. The summed E-state index contributed by atoms with van der Waals surface area (Å²) in [4.78, 5) is 31.7. The first kappa shape index (κ1) is 24.6. The van der Waals surface area contributed by atoms with E-state index >= 15 is 0 Å². The molecule has 0 atom stereocenters. The molecule has 2 aromatic rings. The molecule has 186 valence electrons. The van der Waals surface area contributed by atoms with E-state index in [1.807, 2.05) is 53.6 Å². The lowest BCUT2D eigenvalue weighted by Crippen LogP contribution is -2.49. The molecule has 4 rings (SSSR count). The Kier molecular flexibility index (Phi) is 7.92. The van der Waals surface area contributed by atoms with Crippen LogP contribution in [-0.2, 0) is 11.2 Å². The molecule has 2 heterocycles. The number of ether oxygens (including phenoxy) is 3. The molecular weight excluding hydrogens is 446 g/mol. The topological polar surface area (TPSA) is 71.6 Å². The number of methoxy groups -OCH3 is 3. The van der Waals surface area contributed by atoms with Crippen LogP contribution >= 0.6 is 0 Å². The van der Waals surface area contributed by atoms with Gasteiger partial charge in [0.2, 0.25) is 5.91 Å². The third-order valence-corrected chi connectivity index (χ3v) is 6.61. The average molecular weight is 480 g/mol. The number of fused-ring (bicyclic) bond motifs is 1. The number of hydrogen-bond acceptors (Lipinski definition) is 6. The Morgan fingerprint density at radius 1 is 0.886 bits per heavy atom. The van der Waals surface area contributed by atoms with Crippen LogP contribution in [0.1, 0.15) is 27.9 Å². The molecule has 8 nitrogen and oxygen atoms in total. The van der Waals surface area contributed by atoms with Crippen molar-refractivity contribution >= 4 is 17.9 Å². The van der Waals surface area contributed by atoms with Crippen LogP contribution < -0.4 is 14.2 Å². The van der Waals surface area contributed by atoms with Crippen molar-refractivity contribution in [1.82, 2.24) is 14.7 Å². The van der Waals surface area contributed by atoms with Gasteiger partial charge in [-0.1, -0.05) is 0 Å². The van der Waals surface area contributed by atoms with Gasteiger partial charge in [-0.05, 0) is 66.6 Å². The number of nitrogens with zero attached hydrogens (tertiary/aromatic N) is 3. The van der Waals surface area contributed by atoms with Gasteiger partial charge in [0.1, 0.15) is 5.75 Å². The van der Waals surface area contributed by atoms with Gasteiger partial charge < -0.3 is 24.0 Å². The SMILES string of the molecule is COc1ccc(C(=O)N2CCN(CCCN3C=Cc4cc(OC)c(OC)cc4CC3=O)CC2)cc1. The Labute approximate surface area is 206 Å². The summed E-state index contributed by atoms with van der Waals surface area (Å²) in [5.74, 6) is 2.15. The van der Waals surface area contributed by atoms with Crippen molar-refractivity contribution in [3.63, 3.8) is 0 Å². The Morgan fingerprint density at radius 3 is 2.23 bits per heavy atom. The van der Waals surface area contributed by atoms with E-state index in [0.717, 1.165) is 42.9 Å². The number of carbonyl (C=O) groups excluding carboxylic acids is 2. The summed E-state index contributed by atoms with van der Waals surface area (Å²) in [5, 5.41) is 0. The molecular formula is C27H33N3O5. The molecule has 1 fully saturated rings. The van der Waals surface area contributed by atoms with Gasteiger partial charge in [0.25, 0.3) is 5.91 Å². The molecule has 35 heavy (non-hydrogen) atoms. The molecule has 0 bridgehead atoms. The minimum Gasteiger partial charge on any atom is -0.497 e. The number of hydrogen-bond donors (Lipinski definition) is 0. The third kappa shape index (κ3) is 5.77. The van der Waals surface area contributed by atoms with Crippen molar-refractivity contribution in [2.24, 2.45) is 0 Å². The zero-order chi connectivity index (χ0) is 24.8. The second-order valence-corrected chi connectivity index (χ2v) is 8.70. The Bertz CT molecular complexity index is 1070. The first-order valence-electron chi connectivity index (χ1n) is 11.9. The molecule has 0 N–H and O–H groups in total. The van der Waals surface area contributed by atoms with Crippen LogP contribution in [0.2, 0.25) is 0 Å². The van der Waals surface area contributed by atoms with Crippen molar-refractivity contribution in [2.45, 2.75) is 12.8 Å². The quantitative estimate of drug-likeness (QED) is 0.580. The standard InChI is InChI=1S/C27H33N3O5/c1-33-23-7-5-20(6-8-23)27(32)30-15-13-28(14-16-30)10-4-11-29-12-9-21-17-24(34-2)25(35-3)18-22(21)19-26(29)31/h5-9,12,17-18H,4,10-11,13-16,19H2,1-3H3. The summed E-state index contributed by atoms with van der Waals surface area (Å²) >= 11 is 0. The van der Waals surface area contributed by atoms with Gasteiger partial charge in [0.15, 0.2) is 11.5 Å². The first-order valence-corrected chi connectivity index (χ1v) is 11.9. The van der Waals surface area contributed by atoms with Crippen LogP contribution in [0.3, 0.4) is 0 Å². The van der Waals surface area contributed by atoms with E-state index in [9.17, 15) is 9.59 Å². The highest BCUT2D eigenvalue weighted by molar-refractivity contribution is 5.94.